The predicted molar refractivity (Wildman–Crippen MR) is 104 cm³/mol. The van der Waals surface area contributed by atoms with Crippen molar-refractivity contribution in [3.63, 3.8) is 0 Å². The standard InChI is InChI=1S/C19H36N2O10/c1-7-9(22)6-28-17(11(7)23)30-15-8(21)3-4-19(2,16(15)27)31-18-14(26)13(25)12(24)10(5-20)29-18/h7-18,22-27H,3-6,20-21H2,1-2H3. The van der Waals surface area contributed by atoms with Gasteiger partial charge in [-0.1, -0.05) is 6.92 Å². The van der Waals surface area contributed by atoms with Crippen molar-refractivity contribution in [2.75, 3.05) is 13.2 Å². The minimum absolute atomic E-state index is 0.0302. The van der Waals surface area contributed by atoms with E-state index in [-0.39, 0.29) is 19.6 Å². The summed E-state index contributed by atoms with van der Waals surface area (Å²) >= 11 is 0. The summed E-state index contributed by atoms with van der Waals surface area (Å²) in [5.41, 5.74) is 10.4. The van der Waals surface area contributed by atoms with E-state index in [4.69, 9.17) is 30.4 Å². The van der Waals surface area contributed by atoms with E-state index < -0.39 is 79.0 Å². The average Bonchev–Trinajstić information content (AvgIpc) is 2.74. The fourth-order valence-electron chi connectivity index (χ4n) is 4.32. The Kier molecular flexibility index (Phi) is 7.94. The first-order valence-corrected chi connectivity index (χ1v) is 10.6. The van der Waals surface area contributed by atoms with Crippen LogP contribution in [-0.4, -0.2) is 117 Å². The number of rotatable bonds is 5. The highest BCUT2D eigenvalue weighted by atomic mass is 16.7. The van der Waals surface area contributed by atoms with Crippen LogP contribution in [0.1, 0.15) is 26.7 Å². The summed E-state index contributed by atoms with van der Waals surface area (Å²) in [5, 5.41) is 61.6. The fourth-order valence-corrected chi connectivity index (χ4v) is 4.32. The summed E-state index contributed by atoms with van der Waals surface area (Å²) in [6.07, 6.45) is -11.5. The zero-order valence-corrected chi connectivity index (χ0v) is 17.7. The van der Waals surface area contributed by atoms with Gasteiger partial charge in [-0.2, -0.15) is 0 Å². The van der Waals surface area contributed by atoms with Crippen LogP contribution in [0, 0.1) is 5.92 Å². The molecule has 13 unspecified atom stereocenters. The van der Waals surface area contributed by atoms with Crippen LogP contribution in [0.3, 0.4) is 0 Å². The topological polar surface area (TPSA) is 210 Å². The first kappa shape index (κ1) is 25.1. The van der Waals surface area contributed by atoms with E-state index in [0.29, 0.717) is 6.42 Å². The molecule has 10 N–H and O–H groups in total. The highest BCUT2D eigenvalue weighted by molar-refractivity contribution is 5.01. The smallest absolute Gasteiger partial charge is 0.187 e. The molecular formula is C19H36N2O10. The highest BCUT2D eigenvalue weighted by Crippen LogP contribution is 2.37. The molecule has 1 aliphatic carbocycles. The molecule has 2 saturated heterocycles. The number of hydrogen-bond acceptors (Lipinski definition) is 12. The molecule has 3 rings (SSSR count). The van der Waals surface area contributed by atoms with E-state index in [2.05, 4.69) is 0 Å². The van der Waals surface area contributed by atoms with Gasteiger partial charge in [0.15, 0.2) is 12.6 Å². The molecule has 3 fully saturated rings. The zero-order valence-electron chi connectivity index (χ0n) is 17.7. The second-order valence-corrected chi connectivity index (χ2v) is 9.05. The lowest BCUT2D eigenvalue weighted by atomic mass is 9.78. The minimum Gasteiger partial charge on any atom is -0.390 e. The highest BCUT2D eigenvalue weighted by Gasteiger charge is 2.53. The molecule has 0 aromatic heterocycles. The Balaban J connectivity index is 1.71. The van der Waals surface area contributed by atoms with Crippen molar-refractivity contribution in [2.24, 2.45) is 17.4 Å². The molecule has 182 valence electrons. The quantitative estimate of drug-likeness (QED) is 0.201. The lowest BCUT2D eigenvalue weighted by Gasteiger charge is -2.50. The summed E-state index contributed by atoms with van der Waals surface area (Å²) in [6.45, 7) is 3.11. The normalized spacial score (nSPS) is 54.0. The number of aliphatic hydroxyl groups excluding tert-OH is 6. The van der Waals surface area contributed by atoms with E-state index in [0.717, 1.165) is 0 Å². The van der Waals surface area contributed by atoms with Crippen molar-refractivity contribution in [2.45, 2.75) is 99.7 Å². The van der Waals surface area contributed by atoms with Crippen molar-refractivity contribution >= 4 is 0 Å². The van der Waals surface area contributed by atoms with Gasteiger partial charge < -0.3 is 61.1 Å². The Morgan fingerprint density at radius 3 is 2.32 bits per heavy atom. The van der Waals surface area contributed by atoms with E-state index in [1.54, 1.807) is 13.8 Å². The number of ether oxygens (including phenoxy) is 4. The van der Waals surface area contributed by atoms with Gasteiger partial charge in [0.25, 0.3) is 0 Å². The molecule has 2 heterocycles. The SMILES string of the molecule is CC1C(O)COC(OC2C(N)CCC(C)(OC3OC(CN)C(O)C(O)C3O)C2O)C1O. The van der Waals surface area contributed by atoms with E-state index >= 15 is 0 Å². The van der Waals surface area contributed by atoms with Crippen LogP contribution in [0.5, 0.6) is 0 Å². The molecule has 3 aliphatic rings. The van der Waals surface area contributed by atoms with Crippen molar-refractivity contribution in [1.82, 2.24) is 0 Å². The summed E-state index contributed by atoms with van der Waals surface area (Å²) < 4.78 is 22.6. The van der Waals surface area contributed by atoms with Crippen LogP contribution in [-0.2, 0) is 18.9 Å². The van der Waals surface area contributed by atoms with Crippen molar-refractivity contribution in [3.8, 4) is 0 Å². The summed E-state index contributed by atoms with van der Waals surface area (Å²) in [6, 6.07) is -0.592. The Morgan fingerprint density at radius 2 is 1.68 bits per heavy atom. The molecule has 0 radical (unpaired) electrons. The zero-order chi connectivity index (χ0) is 23.1. The van der Waals surface area contributed by atoms with Gasteiger partial charge in [0.1, 0.15) is 42.7 Å². The second kappa shape index (κ2) is 9.79. The van der Waals surface area contributed by atoms with Gasteiger partial charge in [-0.3, -0.25) is 0 Å². The molecule has 1 saturated carbocycles. The van der Waals surface area contributed by atoms with Gasteiger partial charge in [-0.05, 0) is 19.8 Å². The van der Waals surface area contributed by atoms with Gasteiger partial charge in [0.2, 0.25) is 0 Å². The third-order valence-electron chi connectivity index (χ3n) is 6.77. The number of hydrogen-bond donors (Lipinski definition) is 8. The van der Waals surface area contributed by atoms with E-state index in [1.165, 1.54) is 0 Å². The van der Waals surface area contributed by atoms with Crippen molar-refractivity contribution < 1.29 is 49.6 Å². The Hall–Kier alpha value is -0.480. The molecule has 0 bridgehead atoms. The van der Waals surface area contributed by atoms with Gasteiger partial charge >= 0.3 is 0 Å². The number of aliphatic hydroxyl groups is 6. The van der Waals surface area contributed by atoms with Crippen molar-refractivity contribution in [1.29, 1.82) is 0 Å². The minimum atomic E-state index is -1.57. The number of nitrogens with two attached hydrogens (primary N) is 2. The summed E-state index contributed by atoms with van der Waals surface area (Å²) in [5.74, 6) is -0.495. The summed E-state index contributed by atoms with van der Waals surface area (Å²) in [7, 11) is 0. The molecule has 12 heteroatoms. The first-order chi connectivity index (χ1) is 14.5. The molecule has 12 nitrogen and oxygen atoms in total. The van der Waals surface area contributed by atoms with E-state index in [9.17, 15) is 30.6 Å². The fraction of sp³-hybridized carbons (Fsp3) is 1.00. The van der Waals surface area contributed by atoms with Crippen LogP contribution >= 0.6 is 0 Å². The molecule has 2 aliphatic heterocycles. The third-order valence-corrected chi connectivity index (χ3v) is 6.77. The lowest BCUT2D eigenvalue weighted by molar-refractivity contribution is -0.347. The van der Waals surface area contributed by atoms with Gasteiger partial charge in [-0.15, -0.1) is 0 Å². The molecule has 31 heavy (non-hydrogen) atoms. The monoisotopic (exact) mass is 452 g/mol. The van der Waals surface area contributed by atoms with Crippen LogP contribution in [0.2, 0.25) is 0 Å². The Labute approximate surface area is 180 Å². The third kappa shape index (κ3) is 4.90. The lowest BCUT2D eigenvalue weighted by Crippen LogP contribution is -2.66. The molecule has 0 amide bonds. The maximum atomic E-state index is 11.1. The molecule has 13 atom stereocenters. The van der Waals surface area contributed by atoms with Gasteiger partial charge in [0.05, 0.1) is 18.3 Å². The maximum Gasteiger partial charge on any atom is 0.187 e. The second-order valence-electron chi connectivity index (χ2n) is 9.05. The van der Waals surface area contributed by atoms with Crippen LogP contribution in [0.25, 0.3) is 0 Å². The molecule has 0 spiro atoms. The predicted octanol–water partition coefficient (Wildman–Crippen LogP) is -3.89. The Bertz CT molecular complexity index is 600. The summed E-state index contributed by atoms with van der Waals surface area (Å²) in [4.78, 5) is 0. The van der Waals surface area contributed by atoms with E-state index in [1.807, 2.05) is 0 Å². The Morgan fingerprint density at radius 1 is 1.00 bits per heavy atom. The van der Waals surface area contributed by atoms with Crippen LogP contribution in [0.4, 0.5) is 0 Å². The van der Waals surface area contributed by atoms with Gasteiger partial charge in [-0.25, -0.2) is 0 Å². The first-order valence-electron chi connectivity index (χ1n) is 10.6. The maximum absolute atomic E-state index is 11.1. The molecule has 0 aromatic carbocycles. The van der Waals surface area contributed by atoms with Crippen molar-refractivity contribution in [3.05, 3.63) is 0 Å². The van der Waals surface area contributed by atoms with Gasteiger partial charge in [0, 0.05) is 18.5 Å². The van der Waals surface area contributed by atoms with Crippen LogP contribution in [0.15, 0.2) is 0 Å². The molecular weight excluding hydrogens is 416 g/mol. The van der Waals surface area contributed by atoms with Crippen LogP contribution < -0.4 is 11.5 Å². The molecule has 0 aromatic rings. The average molecular weight is 453 g/mol. The largest absolute Gasteiger partial charge is 0.390 e.